The molecule has 0 aliphatic carbocycles. The fourth-order valence-electron chi connectivity index (χ4n) is 2.98. The Morgan fingerprint density at radius 3 is 2.48 bits per heavy atom. The number of imide groups is 1. The van der Waals surface area contributed by atoms with Gasteiger partial charge in [-0.1, -0.05) is 12.1 Å². The summed E-state index contributed by atoms with van der Waals surface area (Å²) in [6, 6.07) is 9.52. The van der Waals surface area contributed by atoms with Crippen molar-refractivity contribution in [3.63, 3.8) is 0 Å². The van der Waals surface area contributed by atoms with E-state index in [2.05, 4.69) is 26.6 Å². The van der Waals surface area contributed by atoms with Gasteiger partial charge in [-0.25, -0.2) is 9.69 Å². The number of anilines is 1. The molecule has 0 saturated carbocycles. The van der Waals surface area contributed by atoms with Crippen LogP contribution in [0.5, 0.6) is 17.2 Å². The van der Waals surface area contributed by atoms with Gasteiger partial charge in [0.25, 0.3) is 5.91 Å². The lowest BCUT2D eigenvalue weighted by Crippen LogP contribution is -2.38. The number of carbonyl (C=O) groups is 3. The average molecular weight is 490 g/mol. The van der Waals surface area contributed by atoms with Gasteiger partial charge in [0.15, 0.2) is 11.5 Å². The Balaban J connectivity index is 1.76. The largest absolute Gasteiger partial charge is 0.495 e. The minimum Gasteiger partial charge on any atom is -0.495 e. The number of para-hydroxylation sites is 2. The molecule has 31 heavy (non-hydrogen) atoms. The van der Waals surface area contributed by atoms with Crippen LogP contribution in [0.1, 0.15) is 5.56 Å². The summed E-state index contributed by atoms with van der Waals surface area (Å²) in [4.78, 5) is 38.2. The smallest absolute Gasteiger partial charge is 0.329 e. The van der Waals surface area contributed by atoms with E-state index in [0.29, 0.717) is 33.0 Å². The van der Waals surface area contributed by atoms with Gasteiger partial charge in [0.1, 0.15) is 18.0 Å². The van der Waals surface area contributed by atoms with Gasteiger partial charge in [-0.05, 0) is 51.8 Å². The maximum Gasteiger partial charge on any atom is 0.329 e. The Morgan fingerprint density at radius 1 is 1.10 bits per heavy atom. The molecule has 0 bridgehead atoms. The van der Waals surface area contributed by atoms with Crippen LogP contribution in [0.4, 0.5) is 10.5 Å². The molecule has 3 rings (SSSR count). The number of rotatable bonds is 7. The number of hydrogen-bond acceptors (Lipinski definition) is 6. The molecular formula is C21H20BrN3O6. The Kier molecular flexibility index (Phi) is 6.81. The van der Waals surface area contributed by atoms with Crippen LogP contribution in [0.3, 0.4) is 0 Å². The highest BCUT2D eigenvalue weighted by Gasteiger charge is 2.35. The average Bonchev–Trinajstić information content (AvgIpc) is 3.00. The molecule has 162 valence electrons. The second-order valence-electron chi connectivity index (χ2n) is 6.37. The summed E-state index contributed by atoms with van der Waals surface area (Å²) in [6.07, 6.45) is 1.49. The van der Waals surface area contributed by atoms with E-state index in [1.165, 1.54) is 27.4 Å². The number of ether oxygens (including phenoxy) is 3. The van der Waals surface area contributed by atoms with Gasteiger partial charge in [0.2, 0.25) is 5.91 Å². The number of amides is 4. The molecule has 0 aromatic heterocycles. The standard InChI is InChI=1S/C21H20BrN3O6/c1-29-16-7-5-4-6-14(16)23-18(26)11-25-20(27)15(24-21(25)28)9-12-8-13(22)19(31-3)17(10-12)30-2/h4-10H,11H2,1-3H3,(H,23,26)(H,24,28)/b15-9-. The topological polar surface area (TPSA) is 106 Å². The number of hydrogen-bond donors (Lipinski definition) is 2. The van der Waals surface area contributed by atoms with Crippen LogP contribution in [0.15, 0.2) is 46.6 Å². The third kappa shape index (κ3) is 4.80. The summed E-state index contributed by atoms with van der Waals surface area (Å²) in [6.45, 7) is -0.449. The number of urea groups is 1. The summed E-state index contributed by atoms with van der Waals surface area (Å²) in [7, 11) is 4.48. The van der Waals surface area contributed by atoms with Gasteiger partial charge in [-0.2, -0.15) is 0 Å². The lowest BCUT2D eigenvalue weighted by molar-refractivity contribution is -0.127. The molecule has 1 aliphatic rings. The number of nitrogens with one attached hydrogen (secondary N) is 2. The van der Waals surface area contributed by atoms with Crippen molar-refractivity contribution in [2.24, 2.45) is 0 Å². The van der Waals surface area contributed by atoms with Crippen LogP contribution < -0.4 is 24.8 Å². The van der Waals surface area contributed by atoms with Crippen molar-refractivity contribution in [2.45, 2.75) is 0 Å². The van der Waals surface area contributed by atoms with E-state index in [0.717, 1.165) is 4.90 Å². The quantitative estimate of drug-likeness (QED) is 0.457. The Bertz CT molecular complexity index is 1070. The van der Waals surface area contributed by atoms with Crippen LogP contribution in [0, 0.1) is 0 Å². The van der Waals surface area contributed by atoms with E-state index in [1.54, 1.807) is 36.4 Å². The van der Waals surface area contributed by atoms with Crippen LogP contribution >= 0.6 is 15.9 Å². The van der Waals surface area contributed by atoms with Gasteiger partial charge in [0.05, 0.1) is 31.5 Å². The van der Waals surface area contributed by atoms with Gasteiger partial charge >= 0.3 is 6.03 Å². The van der Waals surface area contributed by atoms with E-state index in [1.807, 2.05) is 0 Å². The molecule has 4 amide bonds. The zero-order valence-electron chi connectivity index (χ0n) is 17.0. The maximum atomic E-state index is 12.7. The van der Waals surface area contributed by atoms with E-state index in [-0.39, 0.29) is 5.70 Å². The molecular weight excluding hydrogens is 470 g/mol. The Morgan fingerprint density at radius 2 is 1.81 bits per heavy atom. The first kappa shape index (κ1) is 22.2. The molecule has 2 aromatic rings. The van der Waals surface area contributed by atoms with E-state index < -0.39 is 24.4 Å². The van der Waals surface area contributed by atoms with Crippen LogP contribution in [0.25, 0.3) is 6.08 Å². The summed E-state index contributed by atoms with van der Waals surface area (Å²) in [5.74, 6) is 0.261. The number of carbonyl (C=O) groups excluding carboxylic acids is 3. The zero-order chi connectivity index (χ0) is 22.5. The lowest BCUT2D eigenvalue weighted by atomic mass is 10.1. The maximum absolute atomic E-state index is 12.7. The first-order chi connectivity index (χ1) is 14.9. The van der Waals surface area contributed by atoms with Gasteiger partial charge in [-0.3, -0.25) is 9.59 Å². The fraction of sp³-hybridized carbons (Fsp3) is 0.190. The van der Waals surface area contributed by atoms with E-state index >= 15 is 0 Å². The second-order valence-corrected chi connectivity index (χ2v) is 7.22. The molecule has 0 spiro atoms. The first-order valence-electron chi connectivity index (χ1n) is 9.06. The highest BCUT2D eigenvalue weighted by atomic mass is 79.9. The van der Waals surface area contributed by atoms with Crippen LogP contribution in [-0.4, -0.2) is 50.6 Å². The summed E-state index contributed by atoms with van der Waals surface area (Å²) < 4.78 is 16.4. The van der Waals surface area contributed by atoms with Crippen molar-refractivity contribution < 1.29 is 28.6 Å². The van der Waals surface area contributed by atoms with Crippen molar-refractivity contribution in [1.29, 1.82) is 0 Å². The van der Waals surface area contributed by atoms with Crippen molar-refractivity contribution in [3.05, 3.63) is 52.1 Å². The third-order valence-corrected chi connectivity index (χ3v) is 5.00. The molecule has 0 radical (unpaired) electrons. The minimum absolute atomic E-state index is 0.0363. The predicted molar refractivity (Wildman–Crippen MR) is 117 cm³/mol. The van der Waals surface area contributed by atoms with Gasteiger partial charge in [0, 0.05) is 0 Å². The minimum atomic E-state index is -0.689. The number of nitrogens with zero attached hydrogens (tertiary/aromatic N) is 1. The fourth-order valence-corrected chi connectivity index (χ4v) is 3.61. The number of halogens is 1. The molecule has 2 N–H and O–H groups in total. The SMILES string of the molecule is COc1ccccc1NC(=O)CN1C(=O)N/C(=C\c2cc(Br)c(OC)c(OC)c2)C1=O. The van der Waals surface area contributed by atoms with Crippen LogP contribution in [0.2, 0.25) is 0 Å². The Labute approximate surface area is 187 Å². The van der Waals surface area contributed by atoms with E-state index in [9.17, 15) is 14.4 Å². The van der Waals surface area contributed by atoms with Gasteiger partial charge < -0.3 is 24.8 Å². The highest BCUT2D eigenvalue weighted by Crippen LogP contribution is 2.37. The first-order valence-corrected chi connectivity index (χ1v) is 9.86. The number of benzene rings is 2. The summed E-state index contributed by atoms with van der Waals surface area (Å²) in [5, 5.41) is 5.12. The molecule has 1 heterocycles. The molecule has 1 fully saturated rings. The normalized spacial score (nSPS) is 14.5. The highest BCUT2D eigenvalue weighted by molar-refractivity contribution is 9.10. The molecule has 1 saturated heterocycles. The van der Waals surface area contributed by atoms with Crippen molar-refractivity contribution in [1.82, 2.24) is 10.2 Å². The molecule has 0 unspecified atom stereocenters. The predicted octanol–water partition coefficient (Wildman–Crippen LogP) is 3.01. The van der Waals surface area contributed by atoms with E-state index in [4.69, 9.17) is 14.2 Å². The third-order valence-electron chi connectivity index (χ3n) is 4.41. The van der Waals surface area contributed by atoms with Crippen molar-refractivity contribution in [3.8, 4) is 17.2 Å². The lowest BCUT2D eigenvalue weighted by Gasteiger charge is -2.13. The summed E-state index contributed by atoms with van der Waals surface area (Å²) in [5.41, 5.74) is 1.07. The molecule has 2 aromatic carbocycles. The molecule has 9 nitrogen and oxygen atoms in total. The second kappa shape index (κ2) is 9.52. The summed E-state index contributed by atoms with van der Waals surface area (Å²) >= 11 is 3.38. The number of methoxy groups -OCH3 is 3. The monoisotopic (exact) mass is 489 g/mol. The molecule has 0 atom stereocenters. The van der Waals surface area contributed by atoms with Crippen LogP contribution in [-0.2, 0) is 9.59 Å². The van der Waals surface area contributed by atoms with Crippen molar-refractivity contribution >= 4 is 45.5 Å². The zero-order valence-corrected chi connectivity index (χ0v) is 18.6. The van der Waals surface area contributed by atoms with Gasteiger partial charge in [-0.15, -0.1) is 0 Å². The molecule has 10 heteroatoms. The Hall–Kier alpha value is -3.53. The molecule has 1 aliphatic heterocycles. The van der Waals surface area contributed by atoms with Crippen molar-refractivity contribution in [2.75, 3.05) is 33.2 Å².